The number of anilines is 2. The zero-order chi connectivity index (χ0) is 14.7. The van der Waals surface area contributed by atoms with E-state index < -0.39 is 0 Å². The average molecular weight is 268 g/mol. The Bertz CT molecular complexity index is 570. The molecule has 0 aliphatic heterocycles. The van der Waals surface area contributed by atoms with Gasteiger partial charge in [0.25, 0.3) is 0 Å². The maximum Gasteiger partial charge on any atom is 0.0428 e. The van der Waals surface area contributed by atoms with Gasteiger partial charge in [0, 0.05) is 25.0 Å². The summed E-state index contributed by atoms with van der Waals surface area (Å²) in [6, 6.07) is 14.8. The Morgan fingerprint density at radius 3 is 2.30 bits per heavy atom. The van der Waals surface area contributed by atoms with Crippen LogP contribution in [0.1, 0.15) is 36.5 Å². The molecular weight excluding hydrogens is 244 g/mol. The summed E-state index contributed by atoms with van der Waals surface area (Å²) in [5, 5.41) is 0. The van der Waals surface area contributed by atoms with Crippen molar-refractivity contribution in [3.05, 3.63) is 59.2 Å². The molecule has 0 radical (unpaired) electrons. The lowest BCUT2D eigenvalue weighted by atomic mass is 9.97. The maximum atomic E-state index is 5.74. The van der Waals surface area contributed by atoms with Gasteiger partial charge in [0.2, 0.25) is 0 Å². The van der Waals surface area contributed by atoms with E-state index in [1.165, 1.54) is 22.4 Å². The van der Waals surface area contributed by atoms with E-state index in [1.54, 1.807) is 0 Å². The van der Waals surface area contributed by atoms with E-state index in [0.717, 1.165) is 12.2 Å². The van der Waals surface area contributed by atoms with Crippen LogP contribution in [0.15, 0.2) is 42.5 Å². The minimum absolute atomic E-state index is 0.566. The van der Waals surface area contributed by atoms with E-state index in [2.05, 4.69) is 63.1 Å². The second-order valence-electron chi connectivity index (χ2n) is 5.79. The van der Waals surface area contributed by atoms with E-state index in [0.29, 0.717) is 5.92 Å². The van der Waals surface area contributed by atoms with Gasteiger partial charge in [0.15, 0.2) is 0 Å². The number of benzene rings is 2. The highest BCUT2D eigenvalue weighted by atomic mass is 15.1. The van der Waals surface area contributed by atoms with Crippen molar-refractivity contribution < 1.29 is 0 Å². The molecule has 2 nitrogen and oxygen atoms in total. The number of aryl methyl sites for hydroxylation is 1. The average Bonchev–Trinajstić information content (AvgIpc) is 2.41. The standard InChI is InChI=1S/C18H24N2/c1-13(2)15-6-5-14(3)16(11-15)12-20(4)18-9-7-17(19)8-10-18/h5-11,13H,12,19H2,1-4H3. The first-order valence-electron chi connectivity index (χ1n) is 7.13. The molecule has 0 aliphatic rings. The van der Waals surface area contributed by atoms with Crippen LogP contribution in [0.4, 0.5) is 11.4 Å². The van der Waals surface area contributed by atoms with Gasteiger partial charge in [0.05, 0.1) is 0 Å². The van der Waals surface area contributed by atoms with Crippen molar-refractivity contribution in [3.63, 3.8) is 0 Å². The molecular formula is C18H24N2. The molecule has 0 unspecified atom stereocenters. The van der Waals surface area contributed by atoms with Gasteiger partial charge in [-0.3, -0.25) is 0 Å². The Morgan fingerprint density at radius 2 is 1.70 bits per heavy atom. The second-order valence-corrected chi connectivity index (χ2v) is 5.79. The topological polar surface area (TPSA) is 29.3 Å². The first kappa shape index (κ1) is 14.4. The number of nitrogens with zero attached hydrogens (tertiary/aromatic N) is 1. The summed E-state index contributed by atoms with van der Waals surface area (Å²) in [6.45, 7) is 7.56. The molecule has 2 aromatic carbocycles. The van der Waals surface area contributed by atoms with Crippen molar-refractivity contribution in [2.24, 2.45) is 0 Å². The van der Waals surface area contributed by atoms with Crippen LogP contribution in [0.25, 0.3) is 0 Å². The lowest BCUT2D eigenvalue weighted by molar-refractivity contribution is 0.851. The second kappa shape index (κ2) is 6.00. The fraction of sp³-hybridized carbons (Fsp3) is 0.333. The van der Waals surface area contributed by atoms with Gasteiger partial charge >= 0.3 is 0 Å². The summed E-state index contributed by atoms with van der Waals surface area (Å²) < 4.78 is 0. The SMILES string of the molecule is Cc1ccc(C(C)C)cc1CN(C)c1ccc(N)cc1. The molecule has 2 N–H and O–H groups in total. The van der Waals surface area contributed by atoms with Gasteiger partial charge in [-0.25, -0.2) is 0 Å². The fourth-order valence-electron chi connectivity index (χ4n) is 2.30. The molecule has 0 atom stereocenters. The summed E-state index contributed by atoms with van der Waals surface area (Å²) in [5.74, 6) is 0.566. The number of rotatable bonds is 4. The van der Waals surface area contributed by atoms with E-state index in [4.69, 9.17) is 5.73 Å². The predicted octanol–water partition coefficient (Wildman–Crippen LogP) is 4.34. The van der Waals surface area contributed by atoms with Crippen LogP contribution in [0.2, 0.25) is 0 Å². The minimum atomic E-state index is 0.566. The van der Waals surface area contributed by atoms with Crippen LogP contribution >= 0.6 is 0 Å². The third-order valence-corrected chi connectivity index (χ3v) is 3.78. The molecule has 2 rings (SSSR count). The van der Waals surface area contributed by atoms with Gasteiger partial charge in [0.1, 0.15) is 0 Å². The van der Waals surface area contributed by atoms with E-state index in [-0.39, 0.29) is 0 Å². The molecule has 2 heteroatoms. The van der Waals surface area contributed by atoms with Crippen LogP contribution in [-0.4, -0.2) is 7.05 Å². The van der Waals surface area contributed by atoms with Crippen molar-refractivity contribution in [1.82, 2.24) is 0 Å². The van der Waals surface area contributed by atoms with E-state index in [9.17, 15) is 0 Å². The van der Waals surface area contributed by atoms with Gasteiger partial charge < -0.3 is 10.6 Å². The highest BCUT2D eigenvalue weighted by Gasteiger charge is 2.07. The van der Waals surface area contributed by atoms with Crippen LogP contribution in [0, 0.1) is 6.92 Å². The van der Waals surface area contributed by atoms with Crippen molar-refractivity contribution in [2.75, 3.05) is 17.7 Å². The van der Waals surface area contributed by atoms with Gasteiger partial charge in [-0.15, -0.1) is 0 Å². The Hall–Kier alpha value is -1.96. The highest BCUT2D eigenvalue weighted by Crippen LogP contribution is 2.22. The van der Waals surface area contributed by atoms with Gasteiger partial charge in [-0.05, 0) is 53.8 Å². The molecule has 0 aromatic heterocycles. The smallest absolute Gasteiger partial charge is 0.0428 e. The molecule has 20 heavy (non-hydrogen) atoms. The molecule has 0 aliphatic carbocycles. The third-order valence-electron chi connectivity index (χ3n) is 3.78. The molecule has 0 heterocycles. The molecule has 2 aromatic rings. The molecule has 106 valence electrons. The summed E-state index contributed by atoms with van der Waals surface area (Å²) in [4.78, 5) is 2.26. The van der Waals surface area contributed by atoms with Crippen LogP contribution in [0.5, 0.6) is 0 Å². The Labute approximate surface area is 122 Å². The molecule has 0 bridgehead atoms. The lowest BCUT2D eigenvalue weighted by Crippen LogP contribution is -2.17. The largest absolute Gasteiger partial charge is 0.399 e. The van der Waals surface area contributed by atoms with Gasteiger partial charge in [-0.1, -0.05) is 32.0 Å². The third kappa shape index (κ3) is 3.32. The lowest BCUT2D eigenvalue weighted by Gasteiger charge is -2.21. The number of nitrogens with two attached hydrogens (primary N) is 1. The van der Waals surface area contributed by atoms with Crippen LogP contribution in [-0.2, 0) is 6.54 Å². The van der Waals surface area contributed by atoms with Crippen LogP contribution in [0.3, 0.4) is 0 Å². The summed E-state index contributed by atoms with van der Waals surface area (Å²) in [5.41, 5.74) is 11.9. The fourth-order valence-corrected chi connectivity index (χ4v) is 2.30. The van der Waals surface area contributed by atoms with Crippen molar-refractivity contribution in [3.8, 4) is 0 Å². The van der Waals surface area contributed by atoms with Crippen molar-refractivity contribution in [2.45, 2.75) is 33.2 Å². The van der Waals surface area contributed by atoms with Gasteiger partial charge in [-0.2, -0.15) is 0 Å². The molecule has 0 fully saturated rings. The normalized spacial score (nSPS) is 10.8. The number of hydrogen-bond donors (Lipinski definition) is 1. The maximum absolute atomic E-state index is 5.74. The zero-order valence-electron chi connectivity index (χ0n) is 12.9. The highest BCUT2D eigenvalue weighted by molar-refractivity contribution is 5.53. The first-order chi connectivity index (χ1) is 9.47. The quantitative estimate of drug-likeness (QED) is 0.836. The number of hydrogen-bond acceptors (Lipinski definition) is 2. The van der Waals surface area contributed by atoms with Crippen LogP contribution < -0.4 is 10.6 Å². The summed E-state index contributed by atoms with van der Waals surface area (Å²) in [7, 11) is 2.12. The number of nitrogen functional groups attached to an aromatic ring is 1. The molecule has 0 saturated heterocycles. The van der Waals surface area contributed by atoms with E-state index >= 15 is 0 Å². The first-order valence-corrected chi connectivity index (χ1v) is 7.13. The Morgan fingerprint density at radius 1 is 1.05 bits per heavy atom. The summed E-state index contributed by atoms with van der Waals surface area (Å²) >= 11 is 0. The van der Waals surface area contributed by atoms with Crippen molar-refractivity contribution in [1.29, 1.82) is 0 Å². The molecule has 0 spiro atoms. The minimum Gasteiger partial charge on any atom is -0.399 e. The predicted molar refractivity (Wildman–Crippen MR) is 88.2 cm³/mol. The Balaban J connectivity index is 2.20. The molecule has 0 amide bonds. The van der Waals surface area contributed by atoms with E-state index in [1.807, 2.05) is 12.1 Å². The Kier molecular flexibility index (Phi) is 4.33. The van der Waals surface area contributed by atoms with Crippen molar-refractivity contribution >= 4 is 11.4 Å². The monoisotopic (exact) mass is 268 g/mol. The summed E-state index contributed by atoms with van der Waals surface area (Å²) in [6.07, 6.45) is 0. The zero-order valence-corrected chi connectivity index (χ0v) is 12.9. The molecule has 0 saturated carbocycles.